The summed E-state index contributed by atoms with van der Waals surface area (Å²) in [6, 6.07) is 20.3. The minimum absolute atomic E-state index is 0.321. The van der Waals surface area contributed by atoms with E-state index < -0.39 is 23.9 Å². The van der Waals surface area contributed by atoms with Crippen molar-refractivity contribution >= 4 is 35.1 Å². The average Bonchev–Trinajstić information content (AvgIpc) is 2.81. The molecule has 8 heteroatoms. The number of hydrogen-bond acceptors (Lipinski definition) is 5. The maximum atomic E-state index is 12.3. The Morgan fingerprint density at radius 2 is 1.66 bits per heavy atom. The summed E-state index contributed by atoms with van der Waals surface area (Å²) >= 11 is 5.87. The summed E-state index contributed by atoms with van der Waals surface area (Å²) in [5, 5.41) is 15.6. The molecule has 0 saturated heterocycles. The number of rotatable bonds is 7. The molecule has 0 radical (unpaired) electrons. The number of nitrogens with one attached hydrogen (secondary N) is 2. The van der Waals surface area contributed by atoms with E-state index in [1.165, 1.54) is 13.2 Å². The maximum Gasteiger partial charge on any atom is 0.337 e. The molecule has 3 N–H and O–H groups in total. The Hall–Kier alpha value is -3.68. The van der Waals surface area contributed by atoms with Gasteiger partial charge in [0, 0.05) is 10.7 Å². The largest absolute Gasteiger partial charge is 0.465 e. The van der Waals surface area contributed by atoms with Crippen LogP contribution in [-0.2, 0) is 14.3 Å². The zero-order valence-electron chi connectivity index (χ0n) is 17.2. The molecule has 32 heavy (non-hydrogen) atoms. The second-order valence-electron chi connectivity index (χ2n) is 6.88. The minimum atomic E-state index is -1.44. The van der Waals surface area contributed by atoms with Crippen molar-refractivity contribution in [2.24, 2.45) is 0 Å². The predicted molar refractivity (Wildman–Crippen MR) is 121 cm³/mol. The zero-order chi connectivity index (χ0) is 23.1. The van der Waals surface area contributed by atoms with Crippen molar-refractivity contribution in [3.8, 4) is 11.1 Å². The van der Waals surface area contributed by atoms with Crippen molar-refractivity contribution in [2.75, 3.05) is 19.0 Å². The first-order valence-electron chi connectivity index (χ1n) is 9.67. The van der Waals surface area contributed by atoms with Gasteiger partial charge in [-0.15, -0.1) is 0 Å². The summed E-state index contributed by atoms with van der Waals surface area (Å²) in [5.41, 5.74) is 2.83. The molecule has 164 valence electrons. The molecule has 0 unspecified atom stereocenters. The van der Waals surface area contributed by atoms with Crippen LogP contribution in [0, 0.1) is 0 Å². The smallest absolute Gasteiger partial charge is 0.337 e. The van der Waals surface area contributed by atoms with Gasteiger partial charge in [-0.1, -0.05) is 48.0 Å². The van der Waals surface area contributed by atoms with Crippen LogP contribution in [0.1, 0.15) is 22.0 Å². The molecule has 0 saturated carbocycles. The lowest BCUT2D eigenvalue weighted by Gasteiger charge is -2.12. The standard InChI is InChI=1S/C24H21ClN2O5/c1-32-24(31)18-8-2-5-15(11-18)16-6-4-10-20(13-16)27-21(28)14-26-23(30)22(29)17-7-3-9-19(25)12-17/h2-13,22,29H,14H2,1H3,(H,26,30)(H,27,28)/t22-/m0/s1. The highest BCUT2D eigenvalue weighted by atomic mass is 35.5. The molecule has 1 atom stereocenters. The summed E-state index contributed by atoms with van der Waals surface area (Å²) in [7, 11) is 1.32. The highest BCUT2D eigenvalue weighted by molar-refractivity contribution is 6.30. The Morgan fingerprint density at radius 1 is 0.969 bits per heavy atom. The average molecular weight is 453 g/mol. The molecule has 0 aliphatic rings. The van der Waals surface area contributed by atoms with E-state index in [1.54, 1.807) is 54.6 Å². The van der Waals surface area contributed by atoms with Gasteiger partial charge in [0.15, 0.2) is 6.10 Å². The SMILES string of the molecule is COC(=O)c1cccc(-c2cccc(NC(=O)CNC(=O)[C@@H](O)c3cccc(Cl)c3)c2)c1. The number of aliphatic hydroxyl groups is 1. The van der Waals surface area contributed by atoms with E-state index in [2.05, 4.69) is 10.6 Å². The fourth-order valence-corrected chi connectivity index (χ4v) is 3.22. The Kier molecular flexibility index (Phi) is 7.59. The number of halogens is 1. The Balaban J connectivity index is 1.61. The van der Waals surface area contributed by atoms with E-state index in [1.807, 2.05) is 12.1 Å². The lowest BCUT2D eigenvalue weighted by atomic mass is 10.0. The first-order chi connectivity index (χ1) is 15.4. The molecular weight excluding hydrogens is 432 g/mol. The molecule has 0 aromatic heterocycles. The molecule has 3 rings (SSSR count). The first-order valence-corrected chi connectivity index (χ1v) is 10.0. The van der Waals surface area contributed by atoms with Crippen LogP contribution >= 0.6 is 11.6 Å². The number of hydrogen-bond donors (Lipinski definition) is 3. The molecule has 0 bridgehead atoms. The highest BCUT2D eigenvalue weighted by Gasteiger charge is 2.18. The third-order valence-electron chi connectivity index (χ3n) is 4.60. The quantitative estimate of drug-likeness (QED) is 0.475. The van der Waals surface area contributed by atoms with E-state index in [-0.39, 0.29) is 6.54 Å². The summed E-state index contributed by atoms with van der Waals surface area (Å²) in [6.07, 6.45) is -1.44. The number of carbonyl (C=O) groups is 3. The molecule has 0 heterocycles. The molecule has 0 fully saturated rings. The minimum Gasteiger partial charge on any atom is -0.465 e. The Labute approximate surface area is 190 Å². The van der Waals surface area contributed by atoms with Gasteiger partial charge < -0.3 is 20.5 Å². The Bertz CT molecular complexity index is 1150. The van der Waals surface area contributed by atoms with E-state index >= 15 is 0 Å². The van der Waals surface area contributed by atoms with E-state index in [9.17, 15) is 19.5 Å². The number of aliphatic hydroxyl groups excluding tert-OH is 1. The van der Waals surface area contributed by atoms with Gasteiger partial charge in [0.25, 0.3) is 5.91 Å². The first kappa shape index (κ1) is 23.0. The summed E-state index contributed by atoms with van der Waals surface area (Å²) in [6.45, 7) is -0.321. The van der Waals surface area contributed by atoms with Gasteiger partial charge in [-0.05, 0) is 53.1 Å². The van der Waals surface area contributed by atoms with Crippen LogP contribution in [0.4, 0.5) is 5.69 Å². The summed E-state index contributed by atoms with van der Waals surface area (Å²) in [4.78, 5) is 36.2. The normalized spacial score (nSPS) is 11.3. The number of esters is 1. The molecule has 3 aromatic carbocycles. The topological polar surface area (TPSA) is 105 Å². The van der Waals surface area contributed by atoms with Crippen LogP contribution in [0.5, 0.6) is 0 Å². The van der Waals surface area contributed by atoms with Crippen molar-refractivity contribution in [2.45, 2.75) is 6.10 Å². The fraction of sp³-hybridized carbons (Fsp3) is 0.125. The van der Waals surface area contributed by atoms with E-state index in [4.69, 9.17) is 16.3 Å². The van der Waals surface area contributed by atoms with Crippen molar-refractivity contribution in [1.29, 1.82) is 0 Å². The zero-order valence-corrected chi connectivity index (χ0v) is 17.9. The van der Waals surface area contributed by atoms with Gasteiger partial charge in [-0.2, -0.15) is 0 Å². The van der Waals surface area contributed by atoms with Crippen molar-refractivity contribution in [1.82, 2.24) is 5.32 Å². The van der Waals surface area contributed by atoms with Gasteiger partial charge in [0.05, 0.1) is 19.2 Å². The van der Waals surface area contributed by atoms with E-state index in [0.29, 0.717) is 21.8 Å². The number of methoxy groups -OCH3 is 1. The lowest BCUT2D eigenvalue weighted by Crippen LogP contribution is -2.36. The van der Waals surface area contributed by atoms with Crippen molar-refractivity contribution in [3.63, 3.8) is 0 Å². The summed E-state index contributed by atoms with van der Waals surface area (Å²) < 4.78 is 4.75. The molecular formula is C24H21ClN2O5. The fourth-order valence-electron chi connectivity index (χ4n) is 3.02. The Morgan fingerprint density at radius 3 is 2.38 bits per heavy atom. The number of amides is 2. The van der Waals surface area contributed by atoms with Gasteiger partial charge in [0.1, 0.15) is 0 Å². The molecule has 7 nitrogen and oxygen atoms in total. The van der Waals surface area contributed by atoms with Crippen LogP contribution in [0.2, 0.25) is 5.02 Å². The number of ether oxygens (including phenoxy) is 1. The molecule has 0 aliphatic heterocycles. The third-order valence-corrected chi connectivity index (χ3v) is 4.83. The van der Waals surface area contributed by atoms with Crippen LogP contribution in [0.15, 0.2) is 72.8 Å². The number of benzene rings is 3. The number of anilines is 1. The third kappa shape index (κ3) is 5.94. The summed E-state index contributed by atoms with van der Waals surface area (Å²) in [5.74, 6) is -1.61. The van der Waals surface area contributed by atoms with Crippen LogP contribution in [-0.4, -0.2) is 36.5 Å². The maximum absolute atomic E-state index is 12.3. The van der Waals surface area contributed by atoms with Gasteiger partial charge >= 0.3 is 5.97 Å². The molecule has 0 aliphatic carbocycles. The lowest BCUT2D eigenvalue weighted by molar-refractivity contribution is -0.131. The van der Waals surface area contributed by atoms with Crippen LogP contribution < -0.4 is 10.6 Å². The van der Waals surface area contributed by atoms with Gasteiger partial charge in [-0.25, -0.2) is 4.79 Å². The van der Waals surface area contributed by atoms with Crippen LogP contribution in [0.3, 0.4) is 0 Å². The second-order valence-corrected chi connectivity index (χ2v) is 7.31. The van der Waals surface area contributed by atoms with E-state index in [0.717, 1.165) is 11.1 Å². The second kappa shape index (κ2) is 10.6. The molecule has 0 spiro atoms. The molecule has 3 aromatic rings. The number of carbonyl (C=O) groups excluding carboxylic acids is 3. The monoisotopic (exact) mass is 452 g/mol. The van der Waals surface area contributed by atoms with Gasteiger partial charge in [0.2, 0.25) is 5.91 Å². The van der Waals surface area contributed by atoms with Crippen LogP contribution in [0.25, 0.3) is 11.1 Å². The van der Waals surface area contributed by atoms with Gasteiger partial charge in [-0.3, -0.25) is 9.59 Å². The van der Waals surface area contributed by atoms with Crippen molar-refractivity contribution in [3.05, 3.63) is 88.9 Å². The molecule has 2 amide bonds. The highest BCUT2D eigenvalue weighted by Crippen LogP contribution is 2.24. The predicted octanol–water partition coefficient (Wildman–Crippen LogP) is 3.58. The van der Waals surface area contributed by atoms with Crippen molar-refractivity contribution < 1.29 is 24.2 Å².